The second kappa shape index (κ2) is 9.78. The Hall–Kier alpha value is -2.79. The third kappa shape index (κ3) is 6.46. The van der Waals surface area contributed by atoms with E-state index in [0.29, 0.717) is 18.8 Å². The van der Waals surface area contributed by atoms with Crippen LogP contribution in [-0.2, 0) is 11.4 Å². The van der Waals surface area contributed by atoms with Crippen LogP contribution < -0.4 is 10.1 Å². The van der Waals surface area contributed by atoms with Crippen LogP contribution in [-0.4, -0.2) is 11.7 Å². The Bertz CT molecular complexity index is 852. The van der Waals surface area contributed by atoms with Gasteiger partial charge in [0.2, 0.25) is 5.91 Å². The SMILES string of the molecule is O=C(CCSc1ccc(F)cc1)Nc1ccc(OCc2ccccc2)cc1. The molecule has 27 heavy (non-hydrogen) atoms. The van der Waals surface area contributed by atoms with Crippen LogP contribution in [0.15, 0.2) is 83.8 Å². The lowest BCUT2D eigenvalue weighted by Gasteiger charge is -2.08. The van der Waals surface area contributed by atoms with Crippen molar-refractivity contribution in [3.05, 3.63) is 90.2 Å². The molecule has 0 aromatic heterocycles. The third-order valence-electron chi connectivity index (χ3n) is 3.80. The van der Waals surface area contributed by atoms with Crippen molar-refractivity contribution in [1.82, 2.24) is 0 Å². The lowest BCUT2D eigenvalue weighted by Crippen LogP contribution is -2.12. The third-order valence-corrected chi connectivity index (χ3v) is 4.81. The van der Waals surface area contributed by atoms with Gasteiger partial charge in [-0.05, 0) is 54.1 Å². The Morgan fingerprint density at radius 1 is 0.926 bits per heavy atom. The van der Waals surface area contributed by atoms with Crippen LogP contribution in [0.3, 0.4) is 0 Å². The predicted molar refractivity (Wildman–Crippen MR) is 108 cm³/mol. The number of amides is 1. The van der Waals surface area contributed by atoms with Gasteiger partial charge >= 0.3 is 0 Å². The van der Waals surface area contributed by atoms with Crippen LogP contribution >= 0.6 is 11.8 Å². The molecule has 0 radical (unpaired) electrons. The second-order valence-corrected chi connectivity index (χ2v) is 7.07. The number of halogens is 1. The summed E-state index contributed by atoms with van der Waals surface area (Å²) in [5.41, 5.74) is 1.84. The highest BCUT2D eigenvalue weighted by atomic mass is 32.2. The lowest BCUT2D eigenvalue weighted by molar-refractivity contribution is -0.115. The highest BCUT2D eigenvalue weighted by Crippen LogP contribution is 2.20. The summed E-state index contributed by atoms with van der Waals surface area (Å²) in [6.07, 6.45) is 0.383. The summed E-state index contributed by atoms with van der Waals surface area (Å²) in [6, 6.07) is 23.5. The zero-order valence-electron chi connectivity index (χ0n) is 14.7. The van der Waals surface area contributed by atoms with Gasteiger partial charge in [-0.3, -0.25) is 4.79 Å². The summed E-state index contributed by atoms with van der Waals surface area (Å²) in [6.45, 7) is 0.507. The van der Waals surface area contributed by atoms with Gasteiger partial charge in [-0.1, -0.05) is 30.3 Å². The fraction of sp³-hybridized carbons (Fsp3) is 0.136. The highest BCUT2D eigenvalue weighted by Gasteiger charge is 2.04. The lowest BCUT2D eigenvalue weighted by atomic mass is 10.2. The number of benzene rings is 3. The number of nitrogens with one attached hydrogen (secondary N) is 1. The van der Waals surface area contributed by atoms with Crippen molar-refractivity contribution >= 4 is 23.4 Å². The number of carbonyl (C=O) groups is 1. The summed E-state index contributed by atoms with van der Waals surface area (Å²) in [5.74, 6) is 1.08. The number of carbonyl (C=O) groups excluding carboxylic acids is 1. The van der Waals surface area contributed by atoms with Crippen molar-refractivity contribution in [2.75, 3.05) is 11.1 Å². The van der Waals surface area contributed by atoms with Crippen molar-refractivity contribution in [2.24, 2.45) is 0 Å². The molecule has 0 spiro atoms. The van der Waals surface area contributed by atoms with Gasteiger partial charge < -0.3 is 10.1 Å². The maximum Gasteiger partial charge on any atom is 0.225 e. The number of thioether (sulfide) groups is 1. The van der Waals surface area contributed by atoms with Gasteiger partial charge in [-0.15, -0.1) is 11.8 Å². The molecule has 0 aliphatic heterocycles. The maximum atomic E-state index is 12.9. The largest absolute Gasteiger partial charge is 0.489 e. The molecule has 0 bridgehead atoms. The van der Waals surface area contributed by atoms with Crippen LogP contribution in [0.5, 0.6) is 5.75 Å². The van der Waals surface area contributed by atoms with Gasteiger partial charge in [0.05, 0.1) is 0 Å². The highest BCUT2D eigenvalue weighted by molar-refractivity contribution is 7.99. The van der Waals surface area contributed by atoms with Gasteiger partial charge in [0.15, 0.2) is 0 Å². The molecule has 3 aromatic rings. The summed E-state index contributed by atoms with van der Waals surface area (Å²) in [7, 11) is 0. The molecule has 3 aromatic carbocycles. The topological polar surface area (TPSA) is 38.3 Å². The Labute approximate surface area is 162 Å². The van der Waals surface area contributed by atoms with E-state index < -0.39 is 0 Å². The minimum absolute atomic E-state index is 0.0532. The molecule has 3 rings (SSSR count). The van der Waals surface area contributed by atoms with E-state index in [1.807, 2.05) is 54.6 Å². The first-order valence-electron chi connectivity index (χ1n) is 8.64. The molecule has 0 saturated heterocycles. The molecule has 0 aliphatic carbocycles. The minimum Gasteiger partial charge on any atom is -0.489 e. The minimum atomic E-state index is -0.256. The fourth-order valence-corrected chi connectivity index (χ4v) is 3.24. The standard InChI is InChI=1S/C22H20FNO2S/c23-18-6-12-21(13-7-18)27-15-14-22(25)24-19-8-10-20(11-9-19)26-16-17-4-2-1-3-5-17/h1-13H,14-16H2,(H,24,25). The van der Waals surface area contributed by atoms with Crippen molar-refractivity contribution < 1.29 is 13.9 Å². The van der Waals surface area contributed by atoms with Crippen LogP contribution in [0.1, 0.15) is 12.0 Å². The van der Waals surface area contributed by atoms with Gasteiger partial charge in [-0.25, -0.2) is 4.39 Å². The fourth-order valence-electron chi connectivity index (χ4n) is 2.39. The van der Waals surface area contributed by atoms with E-state index >= 15 is 0 Å². The smallest absolute Gasteiger partial charge is 0.225 e. The van der Waals surface area contributed by atoms with Crippen LogP contribution in [0.2, 0.25) is 0 Å². The molecule has 3 nitrogen and oxygen atoms in total. The zero-order chi connectivity index (χ0) is 18.9. The molecular formula is C22H20FNO2S. The van der Waals surface area contributed by atoms with E-state index in [0.717, 1.165) is 21.9 Å². The van der Waals surface area contributed by atoms with E-state index in [9.17, 15) is 9.18 Å². The van der Waals surface area contributed by atoms with Crippen LogP contribution in [0, 0.1) is 5.82 Å². The molecule has 138 valence electrons. The monoisotopic (exact) mass is 381 g/mol. The molecule has 1 N–H and O–H groups in total. The van der Waals surface area contributed by atoms with Crippen molar-refractivity contribution in [3.63, 3.8) is 0 Å². The van der Waals surface area contributed by atoms with Crippen LogP contribution in [0.25, 0.3) is 0 Å². The molecule has 0 fully saturated rings. The first-order valence-corrected chi connectivity index (χ1v) is 9.62. The second-order valence-electron chi connectivity index (χ2n) is 5.90. The molecule has 0 aliphatic rings. The summed E-state index contributed by atoms with van der Waals surface area (Å²) >= 11 is 1.53. The van der Waals surface area contributed by atoms with Crippen LogP contribution in [0.4, 0.5) is 10.1 Å². The number of rotatable bonds is 8. The maximum absolute atomic E-state index is 12.9. The van der Waals surface area contributed by atoms with Gasteiger partial charge in [-0.2, -0.15) is 0 Å². The number of anilines is 1. The normalized spacial score (nSPS) is 10.4. The van der Waals surface area contributed by atoms with Gasteiger partial charge in [0, 0.05) is 22.8 Å². The van der Waals surface area contributed by atoms with E-state index in [2.05, 4.69) is 5.32 Å². The van der Waals surface area contributed by atoms with Crippen molar-refractivity contribution in [3.8, 4) is 5.75 Å². The molecule has 0 atom stereocenters. The Morgan fingerprint density at radius 3 is 2.33 bits per heavy atom. The van der Waals surface area contributed by atoms with Crippen molar-refractivity contribution in [2.45, 2.75) is 17.9 Å². The Kier molecular flexibility index (Phi) is 6.88. The molecule has 5 heteroatoms. The van der Waals surface area contributed by atoms with Gasteiger partial charge in [0.1, 0.15) is 18.2 Å². The summed E-state index contributed by atoms with van der Waals surface area (Å²) < 4.78 is 18.6. The summed E-state index contributed by atoms with van der Waals surface area (Å²) in [5, 5.41) is 2.87. The Morgan fingerprint density at radius 2 is 1.63 bits per heavy atom. The molecule has 1 amide bonds. The number of ether oxygens (including phenoxy) is 1. The van der Waals surface area contributed by atoms with E-state index in [1.54, 1.807) is 12.1 Å². The first kappa shape index (κ1) is 19.0. The van der Waals surface area contributed by atoms with E-state index in [4.69, 9.17) is 4.74 Å². The molecule has 0 heterocycles. The van der Waals surface area contributed by atoms with Crippen molar-refractivity contribution in [1.29, 1.82) is 0 Å². The molecule has 0 saturated carbocycles. The van der Waals surface area contributed by atoms with Gasteiger partial charge in [0.25, 0.3) is 0 Å². The average Bonchev–Trinajstić information content (AvgIpc) is 2.70. The number of hydrogen-bond acceptors (Lipinski definition) is 3. The average molecular weight is 381 g/mol. The number of hydrogen-bond donors (Lipinski definition) is 1. The summed E-state index contributed by atoms with van der Waals surface area (Å²) in [4.78, 5) is 13.0. The Balaban J connectivity index is 1.40. The zero-order valence-corrected chi connectivity index (χ0v) is 15.5. The van der Waals surface area contributed by atoms with E-state index in [1.165, 1.54) is 23.9 Å². The quantitative estimate of drug-likeness (QED) is 0.522. The predicted octanol–water partition coefficient (Wildman–Crippen LogP) is 5.53. The first-order chi connectivity index (χ1) is 13.2. The molecule has 0 unspecified atom stereocenters. The molecular weight excluding hydrogens is 361 g/mol. The van der Waals surface area contributed by atoms with E-state index in [-0.39, 0.29) is 11.7 Å².